The third-order valence-electron chi connectivity index (χ3n) is 5.33. The Morgan fingerprint density at radius 1 is 1.24 bits per heavy atom. The molecule has 0 amide bonds. The first kappa shape index (κ1) is 23.0. The number of ether oxygens (including phenoxy) is 2. The van der Waals surface area contributed by atoms with Crippen LogP contribution in [-0.2, 0) is 6.42 Å². The SMILES string of the molecule is C=C1Cc2cc(OCCF)c(F)c(F)c2O/C1=C(\F)C(=C)C(C)CCC(C)CC. The molecule has 29 heavy (non-hydrogen) atoms. The molecule has 0 fully saturated rings. The number of alkyl halides is 1. The highest BCUT2D eigenvalue weighted by Gasteiger charge is 2.30. The first-order chi connectivity index (χ1) is 13.7. The number of hydrogen-bond donors (Lipinski definition) is 0. The average molecular weight is 412 g/mol. The summed E-state index contributed by atoms with van der Waals surface area (Å²) in [7, 11) is 0. The molecule has 2 nitrogen and oxygen atoms in total. The Hall–Kier alpha value is -2.24. The third-order valence-corrected chi connectivity index (χ3v) is 5.33. The predicted molar refractivity (Wildman–Crippen MR) is 106 cm³/mol. The molecule has 1 heterocycles. The zero-order valence-electron chi connectivity index (χ0n) is 17.2. The van der Waals surface area contributed by atoms with Crippen molar-refractivity contribution in [3.63, 3.8) is 0 Å². The van der Waals surface area contributed by atoms with Crippen molar-refractivity contribution in [2.75, 3.05) is 13.3 Å². The summed E-state index contributed by atoms with van der Waals surface area (Å²) in [5.74, 6) is -3.95. The van der Waals surface area contributed by atoms with E-state index in [1.165, 1.54) is 6.07 Å². The fourth-order valence-electron chi connectivity index (χ4n) is 3.09. The molecule has 6 heteroatoms. The maximum absolute atomic E-state index is 15.1. The van der Waals surface area contributed by atoms with E-state index in [0.717, 1.165) is 19.3 Å². The second-order valence-corrected chi connectivity index (χ2v) is 7.57. The Bertz CT molecular complexity index is 814. The second kappa shape index (κ2) is 9.99. The standard InChI is InChI=1S/C23H28F4O2/c1-6-13(2)7-8-14(3)16(5)19(25)22-15(4)11-17-12-18(28-10-9-24)20(26)21(27)23(17)29-22/h12-14H,4-11H2,1-3H3/b22-19-. The van der Waals surface area contributed by atoms with Crippen LogP contribution in [0.3, 0.4) is 0 Å². The minimum Gasteiger partial charge on any atom is -0.488 e. The molecule has 2 atom stereocenters. The molecule has 1 aliphatic rings. The van der Waals surface area contributed by atoms with Gasteiger partial charge in [0.25, 0.3) is 0 Å². The summed E-state index contributed by atoms with van der Waals surface area (Å²) in [6, 6.07) is 1.23. The number of rotatable bonds is 9. The van der Waals surface area contributed by atoms with Crippen molar-refractivity contribution in [3.05, 3.63) is 59.2 Å². The minimum atomic E-state index is -1.30. The summed E-state index contributed by atoms with van der Waals surface area (Å²) in [6.45, 7) is 12.5. The fraction of sp³-hybridized carbons (Fsp3) is 0.478. The summed E-state index contributed by atoms with van der Waals surface area (Å²) in [5.41, 5.74) is 0.791. The van der Waals surface area contributed by atoms with Crippen LogP contribution < -0.4 is 9.47 Å². The van der Waals surface area contributed by atoms with Gasteiger partial charge in [-0.2, -0.15) is 8.78 Å². The lowest BCUT2D eigenvalue weighted by Gasteiger charge is -2.25. The molecule has 0 saturated heterocycles. The van der Waals surface area contributed by atoms with Crippen molar-refractivity contribution in [1.29, 1.82) is 0 Å². The van der Waals surface area contributed by atoms with Gasteiger partial charge >= 0.3 is 0 Å². The monoisotopic (exact) mass is 412 g/mol. The van der Waals surface area contributed by atoms with Gasteiger partial charge in [0, 0.05) is 12.0 Å². The van der Waals surface area contributed by atoms with Crippen LogP contribution in [0.15, 0.2) is 42.0 Å². The summed E-state index contributed by atoms with van der Waals surface area (Å²) >= 11 is 0. The number of fused-ring (bicyclic) bond motifs is 1. The van der Waals surface area contributed by atoms with Gasteiger partial charge < -0.3 is 9.47 Å². The van der Waals surface area contributed by atoms with Crippen molar-refractivity contribution in [2.24, 2.45) is 11.8 Å². The molecule has 2 rings (SSSR count). The van der Waals surface area contributed by atoms with Crippen LogP contribution in [-0.4, -0.2) is 13.3 Å². The van der Waals surface area contributed by atoms with E-state index in [2.05, 4.69) is 27.0 Å². The fourth-order valence-corrected chi connectivity index (χ4v) is 3.09. The van der Waals surface area contributed by atoms with Gasteiger partial charge in [-0.3, -0.25) is 0 Å². The normalized spacial score (nSPS) is 17.3. The van der Waals surface area contributed by atoms with Gasteiger partial charge in [-0.15, -0.1) is 0 Å². The second-order valence-electron chi connectivity index (χ2n) is 7.57. The van der Waals surface area contributed by atoms with Crippen molar-refractivity contribution in [1.82, 2.24) is 0 Å². The van der Waals surface area contributed by atoms with Gasteiger partial charge in [0.05, 0.1) is 0 Å². The molecular weight excluding hydrogens is 384 g/mol. The van der Waals surface area contributed by atoms with Gasteiger partial charge in [-0.1, -0.05) is 46.8 Å². The number of benzene rings is 1. The molecule has 160 valence electrons. The van der Waals surface area contributed by atoms with Crippen LogP contribution in [0.5, 0.6) is 11.5 Å². The molecule has 2 unspecified atom stereocenters. The van der Waals surface area contributed by atoms with Gasteiger partial charge in [-0.25, -0.2) is 8.78 Å². The van der Waals surface area contributed by atoms with Gasteiger partial charge in [0.15, 0.2) is 23.1 Å². The molecule has 0 aliphatic carbocycles. The van der Waals surface area contributed by atoms with E-state index in [0.29, 0.717) is 5.92 Å². The molecule has 0 aromatic heterocycles. The summed E-state index contributed by atoms with van der Waals surface area (Å²) < 4.78 is 66.3. The topological polar surface area (TPSA) is 18.5 Å². The highest BCUT2D eigenvalue weighted by molar-refractivity contribution is 5.52. The molecule has 0 saturated carbocycles. The highest BCUT2D eigenvalue weighted by atomic mass is 19.2. The van der Waals surface area contributed by atoms with Gasteiger partial charge in [-0.05, 0) is 35.5 Å². The van der Waals surface area contributed by atoms with Gasteiger partial charge in [0.2, 0.25) is 11.6 Å². The lowest BCUT2D eigenvalue weighted by atomic mass is 9.90. The maximum atomic E-state index is 15.1. The minimum absolute atomic E-state index is 0.0514. The van der Waals surface area contributed by atoms with E-state index in [9.17, 15) is 13.2 Å². The van der Waals surface area contributed by atoms with E-state index < -0.39 is 42.2 Å². The zero-order valence-corrected chi connectivity index (χ0v) is 17.2. The van der Waals surface area contributed by atoms with Crippen LogP contribution in [0.1, 0.15) is 45.6 Å². The van der Waals surface area contributed by atoms with Crippen molar-refractivity contribution >= 4 is 0 Å². The third kappa shape index (κ3) is 5.22. The van der Waals surface area contributed by atoms with Crippen molar-refractivity contribution in [2.45, 2.75) is 46.5 Å². The Labute approximate surface area is 169 Å². The largest absolute Gasteiger partial charge is 0.488 e. The van der Waals surface area contributed by atoms with Crippen LogP contribution in [0.25, 0.3) is 0 Å². The van der Waals surface area contributed by atoms with Crippen LogP contribution in [0.2, 0.25) is 0 Å². The molecule has 1 aromatic rings. The molecule has 0 N–H and O–H groups in total. The molecule has 0 radical (unpaired) electrons. The lowest BCUT2D eigenvalue weighted by Crippen LogP contribution is -2.16. The highest BCUT2D eigenvalue weighted by Crippen LogP contribution is 2.41. The predicted octanol–water partition coefficient (Wildman–Crippen LogP) is 7.00. The zero-order chi connectivity index (χ0) is 21.7. The molecule has 1 aliphatic heterocycles. The first-order valence-electron chi connectivity index (χ1n) is 9.85. The quantitative estimate of drug-likeness (QED) is 0.406. The molecular formula is C23H28F4O2. The van der Waals surface area contributed by atoms with E-state index in [4.69, 9.17) is 9.47 Å². The number of allylic oxidation sites excluding steroid dienone is 3. The van der Waals surface area contributed by atoms with E-state index in [1.807, 2.05) is 6.92 Å². The first-order valence-corrected chi connectivity index (χ1v) is 9.85. The Morgan fingerprint density at radius 3 is 2.55 bits per heavy atom. The summed E-state index contributed by atoms with van der Waals surface area (Å²) in [5, 5.41) is 0. The Kier molecular flexibility index (Phi) is 7.94. The van der Waals surface area contributed by atoms with Gasteiger partial charge in [0.1, 0.15) is 13.3 Å². The van der Waals surface area contributed by atoms with E-state index in [1.54, 1.807) is 0 Å². The van der Waals surface area contributed by atoms with Crippen molar-refractivity contribution < 1.29 is 27.0 Å². The number of halogens is 4. The van der Waals surface area contributed by atoms with Crippen molar-refractivity contribution in [3.8, 4) is 11.5 Å². The Morgan fingerprint density at radius 2 is 1.93 bits per heavy atom. The van der Waals surface area contributed by atoms with Crippen LogP contribution in [0.4, 0.5) is 17.6 Å². The molecule has 1 aromatic carbocycles. The maximum Gasteiger partial charge on any atom is 0.205 e. The summed E-state index contributed by atoms with van der Waals surface area (Å²) in [4.78, 5) is 0. The summed E-state index contributed by atoms with van der Waals surface area (Å²) in [6.07, 6.45) is 2.79. The Balaban J connectivity index is 2.28. The smallest absolute Gasteiger partial charge is 0.205 e. The van der Waals surface area contributed by atoms with E-state index in [-0.39, 0.29) is 34.8 Å². The number of hydrogen-bond acceptors (Lipinski definition) is 2. The lowest BCUT2D eigenvalue weighted by molar-refractivity contribution is 0.255. The average Bonchev–Trinajstić information content (AvgIpc) is 2.71. The molecule has 0 bridgehead atoms. The van der Waals surface area contributed by atoms with Crippen LogP contribution >= 0.6 is 0 Å². The van der Waals surface area contributed by atoms with E-state index >= 15 is 4.39 Å². The van der Waals surface area contributed by atoms with Crippen LogP contribution in [0, 0.1) is 23.5 Å². The molecule has 0 spiro atoms.